The molecule has 2 aromatic heterocycles. The van der Waals surface area contributed by atoms with Crippen molar-refractivity contribution in [3.05, 3.63) is 89.4 Å². The van der Waals surface area contributed by atoms with E-state index in [2.05, 4.69) is 132 Å². The van der Waals surface area contributed by atoms with Gasteiger partial charge in [-0.3, -0.25) is 4.18 Å². The maximum atomic E-state index is 9.45. The molecule has 0 atom stereocenters. The van der Waals surface area contributed by atoms with Crippen molar-refractivity contribution in [1.82, 2.24) is 4.57 Å². The molecular weight excluding hydrogens is 486 g/mol. The first-order valence-corrected chi connectivity index (χ1v) is 13.6. The van der Waals surface area contributed by atoms with Crippen LogP contribution < -0.4 is 9.47 Å². The van der Waals surface area contributed by atoms with E-state index in [-0.39, 0.29) is 6.61 Å². The fourth-order valence-electron chi connectivity index (χ4n) is 4.35. The van der Waals surface area contributed by atoms with Gasteiger partial charge in [-0.1, -0.05) is 18.2 Å². The first-order chi connectivity index (χ1) is 17.6. The SMILES string of the molecule is CCOS(=O)(=O)[O-].CC[n+]1c(C=Cc2cc(C)n(-c3ccccc3)c2C)ccc2cc(N(C)C)ccc21. The van der Waals surface area contributed by atoms with E-state index in [1.54, 1.807) is 0 Å². The zero-order valence-electron chi connectivity index (χ0n) is 22.3. The molecule has 0 fully saturated rings. The van der Waals surface area contributed by atoms with Crippen molar-refractivity contribution in [2.24, 2.45) is 0 Å². The topological polar surface area (TPSA) is 78.5 Å². The number of pyridine rings is 1. The van der Waals surface area contributed by atoms with E-state index >= 15 is 0 Å². The van der Waals surface area contributed by atoms with E-state index < -0.39 is 10.4 Å². The van der Waals surface area contributed by atoms with Crippen LogP contribution in [0.25, 0.3) is 28.7 Å². The molecule has 0 saturated heterocycles. The van der Waals surface area contributed by atoms with Gasteiger partial charge in [-0.2, -0.15) is 4.57 Å². The predicted octanol–water partition coefficient (Wildman–Crippen LogP) is 5.27. The molecular formula is C29H35N3O4S. The Morgan fingerprint density at radius 2 is 1.68 bits per heavy atom. The lowest BCUT2D eigenvalue weighted by atomic mass is 10.1. The molecule has 4 rings (SSSR count). The highest BCUT2D eigenvalue weighted by molar-refractivity contribution is 7.80. The minimum atomic E-state index is -4.42. The summed E-state index contributed by atoms with van der Waals surface area (Å²) < 4.78 is 36.7. The highest BCUT2D eigenvalue weighted by Crippen LogP contribution is 2.23. The van der Waals surface area contributed by atoms with Crippen LogP contribution in [0.3, 0.4) is 0 Å². The lowest BCUT2D eigenvalue weighted by molar-refractivity contribution is -0.669. The average molecular weight is 522 g/mol. The normalized spacial score (nSPS) is 11.5. The summed E-state index contributed by atoms with van der Waals surface area (Å²) >= 11 is 0. The van der Waals surface area contributed by atoms with Crippen LogP contribution in [0.2, 0.25) is 0 Å². The Morgan fingerprint density at radius 3 is 2.24 bits per heavy atom. The van der Waals surface area contributed by atoms with Crippen molar-refractivity contribution < 1.29 is 21.7 Å². The maximum absolute atomic E-state index is 9.45. The summed E-state index contributed by atoms with van der Waals surface area (Å²) in [4.78, 5) is 2.14. The first-order valence-electron chi connectivity index (χ1n) is 12.2. The second-order valence-corrected chi connectivity index (χ2v) is 9.84. The van der Waals surface area contributed by atoms with Gasteiger partial charge in [0.15, 0.2) is 0 Å². The molecule has 0 radical (unpaired) electrons. The van der Waals surface area contributed by atoms with Crippen LogP contribution >= 0.6 is 0 Å². The summed E-state index contributed by atoms with van der Waals surface area (Å²) in [5.41, 5.74) is 8.67. The van der Waals surface area contributed by atoms with Gasteiger partial charge in [-0.15, -0.1) is 0 Å². The van der Waals surface area contributed by atoms with Crippen LogP contribution in [0.15, 0.2) is 66.7 Å². The van der Waals surface area contributed by atoms with Crippen molar-refractivity contribution in [1.29, 1.82) is 0 Å². The Bertz CT molecular complexity index is 1490. The van der Waals surface area contributed by atoms with E-state index in [4.69, 9.17) is 0 Å². The zero-order valence-corrected chi connectivity index (χ0v) is 23.1. The van der Waals surface area contributed by atoms with E-state index in [1.165, 1.54) is 51.8 Å². The fraction of sp³-hybridized carbons (Fsp3) is 0.276. The molecule has 0 aliphatic heterocycles. The molecule has 2 aromatic carbocycles. The Balaban J connectivity index is 0.000000479. The molecule has 0 aliphatic rings. The summed E-state index contributed by atoms with van der Waals surface area (Å²) in [7, 11) is -0.261. The lowest BCUT2D eigenvalue weighted by Gasteiger charge is -2.12. The number of aryl methyl sites for hydroxylation is 2. The lowest BCUT2D eigenvalue weighted by Crippen LogP contribution is -2.36. The smallest absolute Gasteiger partial charge is 0.217 e. The van der Waals surface area contributed by atoms with E-state index in [0.717, 1.165) is 6.54 Å². The Labute approximate surface area is 220 Å². The molecule has 0 aliphatic carbocycles. The van der Waals surface area contributed by atoms with Gasteiger partial charge in [0.25, 0.3) is 0 Å². The highest BCUT2D eigenvalue weighted by atomic mass is 32.3. The number of aromatic nitrogens is 2. The number of fused-ring (bicyclic) bond motifs is 1. The third kappa shape index (κ3) is 7.07. The first kappa shape index (κ1) is 28.1. The second kappa shape index (κ2) is 12.2. The van der Waals surface area contributed by atoms with Crippen LogP contribution in [0.1, 0.15) is 36.5 Å². The Hall–Kier alpha value is -3.46. The fourth-order valence-corrected chi connectivity index (χ4v) is 4.64. The van der Waals surface area contributed by atoms with Gasteiger partial charge >= 0.3 is 0 Å². The molecule has 7 nitrogen and oxygen atoms in total. The second-order valence-electron chi connectivity index (χ2n) is 8.79. The number of para-hydroxylation sites is 1. The molecule has 0 saturated carbocycles. The van der Waals surface area contributed by atoms with Crippen LogP contribution in [0.4, 0.5) is 5.69 Å². The minimum absolute atomic E-state index is 0.0914. The third-order valence-corrected chi connectivity index (χ3v) is 6.58. The average Bonchev–Trinajstić information content (AvgIpc) is 3.14. The summed E-state index contributed by atoms with van der Waals surface area (Å²) in [5, 5.41) is 1.27. The quantitative estimate of drug-likeness (QED) is 0.188. The number of nitrogens with zero attached hydrogens (tertiary/aromatic N) is 3. The molecule has 0 unspecified atom stereocenters. The summed E-state index contributed by atoms with van der Waals surface area (Å²) in [6.45, 7) is 8.83. The summed E-state index contributed by atoms with van der Waals surface area (Å²) in [5.74, 6) is 0. The van der Waals surface area contributed by atoms with Crippen LogP contribution in [0, 0.1) is 13.8 Å². The largest absolute Gasteiger partial charge is 0.726 e. The number of benzene rings is 2. The van der Waals surface area contributed by atoms with Crippen molar-refractivity contribution in [2.75, 3.05) is 25.6 Å². The van der Waals surface area contributed by atoms with Gasteiger partial charge in [-0.05, 0) is 75.7 Å². The van der Waals surface area contributed by atoms with Crippen molar-refractivity contribution in [3.8, 4) is 5.69 Å². The number of rotatable bonds is 7. The standard InChI is InChI=1S/C27H30N3.C2H6O4S/c1-6-29-24(15-13-23-19-26(28(4)5)16-17-27(23)29)14-12-22-18-20(2)30(21(22)3)25-10-8-7-9-11-25;1-2-6-7(3,4)5/h7-19H,6H2,1-5H3;2H2,1H3,(H,3,4,5)/q+1;/p-1. The predicted molar refractivity (Wildman–Crippen MR) is 150 cm³/mol. The Kier molecular flexibility index (Phi) is 9.26. The third-order valence-electron chi connectivity index (χ3n) is 6.06. The van der Waals surface area contributed by atoms with Gasteiger partial charge < -0.3 is 14.0 Å². The maximum Gasteiger partial charge on any atom is 0.217 e. The van der Waals surface area contributed by atoms with Gasteiger partial charge in [0.05, 0.1) is 6.61 Å². The molecule has 0 amide bonds. The Morgan fingerprint density at radius 1 is 0.973 bits per heavy atom. The molecule has 4 aromatic rings. The van der Waals surface area contributed by atoms with Crippen molar-refractivity contribution in [3.63, 3.8) is 0 Å². The highest BCUT2D eigenvalue weighted by Gasteiger charge is 2.14. The number of hydrogen-bond donors (Lipinski definition) is 0. The molecule has 0 spiro atoms. The van der Waals surface area contributed by atoms with Crippen molar-refractivity contribution >= 4 is 39.1 Å². The monoisotopic (exact) mass is 521 g/mol. The summed E-state index contributed by atoms with van der Waals surface area (Å²) in [6, 6.07) is 23.9. The molecule has 0 N–H and O–H groups in total. The molecule has 8 heteroatoms. The molecule has 37 heavy (non-hydrogen) atoms. The van der Waals surface area contributed by atoms with E-state index in [0.29, 0.717) is 0 Å². The molecule has 2 heterocycles. The molecule has 196 valence electrons. The van der Waals surface area contributed by atoms with Crippen LogP contribution in [-0.2, 0) is 21.1 Å². The van der Waals surface area contributed by atoms with Gasteiger partial charge in [-0.25, -0.2) is 8.42 Å². The van der Waals surface area contributed by atoms with E-state index in [1.807, 2.05) is 0 Å². The number of hydrogen-bond acceptors (Lipinski definition) is 5. The van der Waals surface area contributed by atoms with E-state index in [9.17, 15) is 13.0 Å². The van der Waals surface area contributed by atoms with Crippen LogP contribution in [-0.4, -0.2) is 38.2 Å². The van der Waals surface area contributed by atoms with Crippen LogP contribution in [0.5, 0.6) is 0 Å². The molecule has 0 bridgehead atoms. The van der Waals surface area contributed by atoms with Gasteiger partial charge in [0.1, 0.15) is 6.54 Å². The van der Waals surface area contributed by atoms with Gasteiger partial charge in [0, 0.05) is 60.5 Å². The summed E-state index contributed by atoms with van der Waals surface area (Å²) in [6.07, 6.45) is 4.48. The van der Waals surface area contributed by atoms with Crippen molar-refractivity contribution in [2.45, 2.75) is 34.2 Å². The zero-order chi connectivity index (χ0) is 27.2. The minimum Gasteiger partial charge on any atom is -0.726 e. The number of anilines is 1. The van der Waals surface area contributed by atoms with Gasteiger partial charge in [0.2, 0.25) is 21.6 Å².